The maximum Gasteiger partial charge on any atom is 0.515 e. The first-order valence-electron chi connectivity index (χ1n) is 6.72. The molecule has 0 saturated carbocycles. The Kier molecular flexibility index (Phi) is 4.57. The number of carboxylic acids is 1. The summed E-state index contributed by atoms with van der Waals surface area (Å²) in [7, 11) is 0. The van der Waals surface area contributed by atoms with Gasteiger partial charge in [0.25, 0.3) is 0 Å². The second-order valence-corrected chi connectivity index (χ2v) is 6.77. The van der Waals surface area contributed by atoms with Gasteiger partial charge in [-0.3, -0.25) is 0 Å². The summed E-state index contributed by atoms with van der Waals surface area (Å²) in [5, 5.41) is 18.8. The van der Waals surface area contributed by atoms with Crippen molar-refractivity contribution in [2.24, 2.45) is 0 Å². The van der Waals surface area contributed by atoms with Crippen LogP contribution in [0.15, 0.2) is 22.7 Å². The highest BCUT2D eigenvalue weighted by Crippen LogP contribution is 2.31. The van der Waals surface area contributed by atoms with Gasteiger partial charge >= 0.3 is 18.2 Å². The van der Waals surface area contributed by atoms with Crippen LogP contribution in [0.3, 0.4) is 0 Å². The fraction of sp³-hybridized carbons (Fsp3) is 0.267. The maximum absolute atomic E-state index is 11.8. The Morgan fingerprint density at radius 3 is 2.25 bits per heavy atom. The summed E-state index contributed by atoms with van der Waals surface area (Å²) in [6.45, 7) is 4.88. The topological polar surface area (TPSA) is 115 Å². The summed E-state index contributed by atoms with van der Waals surface area (Å²) in [6, 6.07) is 3.91. The molecular formula is C15H14BrNO7. The van der Waals surface area contributed by atoms with E-state index in [1.165, 1.54) is 18.2 Å². The molecule has 0 fully saturated rings. The number of aromatic carboxylic acids is 1. The summed E-state index contributed by atoms with van der Waals surface area (Å²) >= 11 is 3.13. The first kappa shape index (κ1) is 17.8. The van der Waals surface area contributed by atoms with E-state index in [1.807, 2.05) is 0 Å². The maximum atomic E-state index is 11.8. The number of benzene rings is 1. The lowest BCUT2D eigenvalue weighted by Crippen LogP contribution is -2.26. The molecule has 0 saturated heterocycles. The predicted molar refractivity (Wildman–Crippen MR) is 86.9 cm³/mol. The minimum atomic E-state index is -1.43. The Bertz CT molecular complexity index is 848. The molecular weight excluding hydrogens is 386 g/mol. The zero-order valence-electron chi connectivity index (χ0n) is 13.0. The van der Waals surface area contributed by atoms with Crippen molar-refractivity contribution < 1.29 is 34.1 Å². The zero-order chi connectivity index (χ0) is 18.2. The SMILES string of the molecule is CC(C)(C)OC(=O)Oc1cc2c(C(=O)O)cc(Br)cc2n1C(=O)O. The zero-order valence-corrected chi connectivity index (χ0v) is 14.6. The average molecular weight is 400 g/mol. The number of carbonyl (C=O) groups is 3. The Morgan fingerprint density at radius 1 is 1.12 bits per heavy atom. The molecule has 2 aromatic rings. The van der Waals surface area contributed by atoms with Gasteiger partial charge in [0.05, 0.1) is 11.1 Å². The van der Waals surface area contributed by atoms with E-state index >= 15 is 0 Å². The second kappa shape index (κ2) is 6.16. The number of halogens is 1. The summed E-state index contributed by atoms with van der Waals surface area (Å²) < 4.78 is 11.0. The van der Waals surface area contributed by atoms with Crippen molar-refractivity contribution in [2.45, 2.75) is 26.4 Å². The minimum absolute atomic E-state index is 0.0628. The molecule has 0 bridgehead atoms. The summed E-state index contributed by atoms with van der Waals surface area (Å²) in [5.74, 6) is -1.60. The quantitative estimate of drug-likeness (QED) is 0.734. The van der Waals surface area contributed by atoms with Crippen LogP contribution in [-0.4, -0.2) is 38.6 Å². The normalized spacial score (nSPS) is 11.3. The number of rotatable bonds is 2. The molecule has 0 spiro atoms. The van der Waals surface area contributed by atoms with E-state index in [1.54, 1.807) is 20.8 Å². The Balaban J connectivity index is 2.60. The largest absolute Gasteiger partial charge is 0.515 e. The van der Waals surface area contributed by atoms with Crippen molar-refractivity contribution in [3.05, 3.63) is 28.2 Å². The Hall–Kier alpha value is -2.55. The number of fused-ring (bicyclic) bond motifs is 1. The molecule has 0 aliphatic carbocycles. The van der Waals surface area contributed by atoms with E-state index in [9.17, 15) is 24.6 Å². The molecule has 0 aliphatic rings. The van der Waals surface area contributed by atoms with Crippen LogP contribution in [0.5, 0.6) is 5.88 Å². The molecule has 24 heavy (non-hydrogen) atoms. The van der Waals surface area contributed by atoms with Crippen LogP contribution >= 0.6 is 15.9 Å². The van der Waals surface area contributed by atoms with Crippen molar-refractivity contribution >= 4 is 45.1 Å². The average Bonchev–Trinajstić information content (AvgIpc) is 2.72. The molecule has 2 rings (SSSR count). The van der Waals surface area contributed by atoms with Crippen LogP contribution in [0.25, 0.3) is 10.9 Å². The molecule has 128 valence electrons. The van der Waals surface area contributed by atoms with Gasteiger partial charge in [0, 0.05) is 15.9 Å². The molecule has 0 radical (unpaired) electrons. The van der Waals surface area contributed by atoms with Gasteiger partial charge < -0.3 is 19.7 Å². The molecule has 1 aromatic carbocycles. The lowest BCUT2D eigenvalue weighted by atomic mass is 10.1. The minimum Gasteiger partial charge on any atom is -0.478 e. The van der Waals surface area contributed by atoms with Crippen molar-refractivity contribution in [2.75, 3.05) is 0 Å². The second-order valence-electron chi connectivity index (χ2n) is 5.86. The smallest absolute Gasteiger partial charge is 0.478 e. The fourth-order valence-corrected chi connectivity index (χ4v) is 2.50. The third kappa shape index (κ3) is 3.67. The van der Waals surface area contributed by atoms with Gasteiger partial charge in [-0.15, -0.1) is 0 Å². The van der Waals surface area contributed by atoms with Gasteiger partial charge in [0.1, 0.15) is 5.60 Å². The van der Waals surface area contributed by atoms with Gasteiger partial charge in [-0.05, 0) is 32.9 Å². The van der Waals surface area contributed by atoms with Crippen molar-refractivity contribution in [1.82, 2.24) is 4.57 Å². The molecule has 0 atom stereocenters. The van der Waals surface area contributed by atoms with E-state index in [2.05, 4.69) is 15.9 Å². The highest BCUT2D eigenvalue weighted by atomic mass is 79.9. The number of hydrogen-bond acceptors (Lipinski definition) is 5. The van der Waals surface area contributed by atoms with E-state index in [4.69, 9.17) is 9.47 Å². The van der Waals surface area contributed by atoms with Crippen LogP contribution in [0, 0.1) is 0 Å². The third-order valence-electron chi connectivity index (χ3n) is 2.85. The monoisotopic (exact) mass is 399 g/mol. The highest BCUT2D eigenvalue weighted by molar-refractivity contribution is 9.10. The molecule has 1 aromatic heterocycles. The van der Waals surface area contributed by atoms with E-state index in [0.29, 0.717) is 9.04 Å². The van der Waals surface area contributed by atoms with Crippen LogP contribution in [0.1, 0.15) is 31.1 Å². The number of nitrogens with zero attached hydrogens (tertiary/aromatic N) is 1. The lowest BCUT2D eigenvalue weighted by molar-refractivity contribution is 0.0193. The van der Waals surface area contributed by atoms with Crippen molar-refractivity contribution in [3.63, 3.8) is 0 Å². The third-order valence-corrected chi connectivity index (χ3v) is 3.31. The molecule has 0 amide bonds. The molecule has 0 unspecified atom stereocenters. The summed E-state index contributed by atoms with van der Waals surface area (Å²) in [4.78, 5) is 34.7. The number of ether oxygens (including phenoxy) is 2. The fourth-order valence-electron chi connectivity index (χ4n) is 2.05. The number of aromatic nitrogens is 1. The van der Waals surface area contributed by atoms with E-state index in [0.717, 1.165) is 0 Å². The first-order chi connectivity index (χ1) is 11.0. The van der Waals surface area contributed by atoms with Gasteiger partial charge in [0.15, 0.2) is 0 Å². The van der Waals surface area contributed by atoms with Crippen molar-refractivity contribution in [1.29, 1.82) is 0 Å². The van der Waals surface area contributed by atoms with Crippen LogP contribution in [0.2, 0.25) is 0 Å². The molecule has 9 heteroatoms. The molecule has 0 aliphatic heterocycles. The highest BCUT2D eigenvalue weighted by Gasteiger charge is 2.25. The standard InChI is InChI=1S/C15H14BrNO7/c1-15(2,3)24-14(22)23-11-6-8-9(12(18)19)4-7(16)5-10(8)17(11)13(20)21/h4-6H,1-3H3,(H,18,19)(H,20,21). The molecule has 8 nitrogen and oxygen atoms in total. The van der Waals surface area contributed by atoms with Crippen LogP contribution in [-0.2, 0) is 4.74 Å². The number of carbonyl (C=O) groups excluding carboxylic acids is 1. The van der Waals surface area contributed by atoms with Gasteiger partial charge in [-0.25, -0.2) is 19.0 Å². The van der Waals surface area contributed by atoms with E-state index in [-0.39, 0.29) is 22.3 Å². The van der Waals surface area contributed by atoms with Gasteiger partial charge in [-0.2, -0.15) is 0 Å². The Labute approximate surface area is 144 Å². The molecule has 2 N–H and O–H groups in total. The van der Waals surface area contributed by atoms with Gasteiger partial charge in [0.2, 0.25) is 5.88 Å². The van der Waals surface area contributed by atoms with Crippen LogP contribution < -0.4 is 4.74 Å². The van der Waals surface area contributed by atoms with Gasteiger partial charge in [-0.1, -0.05) is 15.9 Å². The predicted octanol–water partition coefficient (Wildman–Crippen LogP) is 3.94. The van der Waals surface area contributed by atoms with Crippen LogP contribution in [0.4, 0.5) is 9.59 Å². The van der Waals surface area contributed by atoms with Crippen molar-refractivity contribution in [3.8, 4) is 5.88 Å². The summed E-state index contributed by atoms with van der Waals surface area (Å²) in [5.41, 5.74) is -0.895. The van der Waals surface area contributed by atoms with E-state index < -0.39 is 23.8 Å². The first-order valence-corrected chi connectivity index (χ1v) is 7.51. The molecule has 1 heterocycles. The number of hydrogen-bond donors (Lipinski definition) is 2. The lowest BCUT2D eigenvalue weighted by Gasteiger charge is -2.18. The summed E-state index contributed by atoms with van der Waals surface area (Å²) in [6.07, 6.45) is -2.53. The Morgan fingerprint density at radius 2 is 1.75 bits per heavy atom. The number of carboxylic acid groups (broad SMARTS) is 2.